The van der Waals surface area contributed by atoms with Crippen molar-refractivity contribution < 1.29 is 29.0 Å². The molecule has 0 saturated heterocycles. The summed E-state index contributed by atoms with van der Waals surface area (Å²) < 4.78 is 6.16. The zero-order chi connectivity index (χ0) is 37.9. The van der Waals surface area contributed by atoms with E-state index in [0.717, 1.165) is 69.9 Å². The Hall–Kier alpha value is -2.22. The zero-order valence-electron chi connectivity index (χ0n) is 33.9. The van der Waals surface area contributed by atoms with Crippen LogP contribution in [0.25, 0.3) is 0 Å². The molecule has 0 bridgehead atoms. The Balaban J connectivity index is 1.39. The summed E-state index contributed by atoms with van der Waals surface area (Å²) in [5.41, 5.74) is 1.47. The third kappa shape index (κ3) is 6.98. The average molecular weight is 711 g/mol. The fourth-order valence-electron chi connectivity index (χ4n) is 12.9. The number of carbonyl (C=O) groups is 4. The van der Waals surface area contributed by atoms with Crippen LogP contribution in [0.1, 0.15) is 147 Å². The molecule has 288 valence electrons. The standard InChI is InChI=1S/C43H70N2O6/c1-12-44-34(47)25-45(27(4)5)22-21-43-20-15-29-28(37(43)36(26(2)3)30(46)23-43)13-14-32-41(29,10)18-16-31-40(8,9)33(17-19-42(31,32)11)51-35(48)24-39(6,7)38(49)50/h26-29,31-33H,12-25H2,1-11H3,(H,44,47)(H,49,50). The van der Waals surface area contributed by atoms with Crippen molar-refractivity contribution in [1.29, 1.82) is 0 Å². The fourth-order valence-corrected chi connectivity index (χ4v) is 12.9. The van der Waals surface area contributed by atoms with Crippen LogP contribution >= 0.6 is 0 Å². The van der Waals surface area contributed by atoms with Crippen LogP contribution in [-0.2, 0) is 23.9 Å². The minimum absolute atomic E-state index is 0.0707. The summed E-state index contributed by atoms with van der Waals surface area (Å²) in [6, 6.07) is 0.249. The lowest BCUT2D eigenvalue weighted by Crippen LogP contribution is -2.63. The van der Waals surface area contributed by atoms with Crippen LogP contribution < -0.4 is 5.32 Å². The highest BCUT2D eigenvalue weighted by atomic mass is 16.5. The number of hydrogen-bond donors (Lipinski definition) is 2. The van der Waals surface area contributed by atoms with Crippen molar-refractivity contribution in [2.75, 3.05) is 19.6 Å². The van der Waals surface area contributed by atoms with Gasteiger partial charge in [0.05, 0.1) is 18.4 Å². The average Bonchev–Trinajstić information content (AvgIpc) is 3.32. The molecule has 51 heavy (non-hydrogen) atoms. The number of amides is 1. The van der Waals surface area contributed by atoms with Crippen LogP contribution in [0.4, 0.5) is 0 Å². The third-order valence-electron chi connectivity index (χ3n) is 15.4. The number of nitrogens with zero attached hydrogens (tertiary/aromatic N) is 1. The number of carboxylic acids is 1. The van der Waals surface area contributed by atoms with Gasteiger partial charge in [0.15, 0.2) is 5.78 Å². The first-order valence-corrected chi connectivity index (χ1v) is 20.4. The Bertz CT molecular complexity index is 1410. The molecule has 4 saturated carbocycles. The second-order valence-electron chi connectivity index (χ2n) is 19.8. The molecule has 5 rings (SSSR count). The van der Waals surface area contributed by atoms with Crippen molar-refractivity contribution in [1.82, 2.24) is 10.2 Å². The number of ether oxygens (including phenoxy) is 1. The van der Waals surface area contributed by atoms with Crippen molar-refractivity contribution in [3.05, 3.63) is 11.1 Å². The molecular formula is C43H70N2O6. The fraction of sp³-hybridized carbons (Fsp3) is 0.860. The summed E-state index contributed by atoms with van der Waals surface area (Å²) in [4.78, 5) is 53.7. The Morgan fingerprint density at radius 2 is 1.61 bits per heavy atom. The van der Waals surface area contributed by atoms with Gasteiger partial charge in [0, 0.05) is 29.8 Å². The Morgan fingerprint density at radius 3 is 2.22 bits per heavy atom. The summed E-state index contributed by atoms with van der Waals surface area (Å²) in [5, 5.41) is 12.6. The van der Waals surface area contributed by atoms with Crippen LogP contribution in [0.15, 0.2) is 11.1 Å². The number of rotatable bonds is 12. The molecule has 1 amide bonds. The number of fused-ring (bicyclic) bond motifs is 7. The lowest BCUT2D eigenvalue weighted by Gasteiger charge is -2.69. The molecule has 8 unspecified atom stereocenters. The molecule has 2 N–H and O–H groups in total. The molecule has 0 spiro atoms. The highest BCUT2D eigenvalue weighted by molar-refractivity contribution is 6.00. The summed E-state index contributed by atoms with van der Waals surface area (Å²) in [6.07, 6.45) is 9.78. The largest absolute Gasteiger partial charge is 0.481 e. The van der Waals surface area contributed by atoms with Gasteiger partial charge in [-0.15, -0.1) is 0 Å². The summed E-state index contributed by atoms with van der Waals surface area (Å²) >= 11 is 0. The number of likely N-dealkylation sites (N-methyl/N-ethyl adjacent to an activating group) is 1. The Morgan fingerprint density at radius 1 is 0.941 bits per heavy atom. The lowest BCUT2D eigenvalue weighted by atomic mass is 9.36. The number of carboxylic acid groups (broad SMARTS) is 1. The minimum atomic E-state index is -1.15. The maximum Gasteiger partial charge on any atom is 0.309 e. The Labute approximate surface area is 308 Å². The smallest absolute Gasteiger partial charge is 0.309 e. The quantitative estimate of drug-likeness (QED) is 0.196. The van der Waals surface area contributed by atoms with Gasteiger partial charge in [-0.2, -0.15) is 0 Å². The van der Waals surface area contributed by atoms with E-state index in [2.05, 4.69) is 65.6 Å². The molecule has 0 aromatic carbocycles. The first-order chi connectivity index (χ1) is 23.6. The second-order valence-corrected chi connectivity index (χ2v) is 19.8. The van der Waals surface area contributed by atoms with Crippen molar-refractivity contribution in [3.63, 3.8) is 0 Å². The SMILES string of the molecule is CCNC(=O)CN(CCC12CCC3C(CCC4C3(C)CCC3C(C)(C)C(OC(=O)CC(C)(C)C(=O)O)CCC34C)C1=C(C(C)C)C(=O)C2)C(C)C. The highest BCUT2D eigenvalue weighted by Crippen LogP contribution is 2.73. The number of allylic oxidation sites excluding steroid dienone is 2. The number of Topliss-reactive ketones (excluding diaryl/α,β-unsaturated/α-hetero) is 1. The van der Waals surface area contributed by atoms with E-state index in [1.165, 1.54) is 5.57 Å². The summed E-state index contributed by atoms with van der Waals surface area (Å²) in [5.74, 6) is 1.21. The first kappa shape index (κ1) is 40.0. The number of nitrogens with one attached hydrogen (secondary N) is 1. The topological polar surface area (TPSA) is 113 Å². The second kappa shape index (κ2) is 14.2. The van der Waals surface area contributed by atoms with Gasteiger partial charge >= 0.3 is 11.9 Å². The first-order valence-electron chi connectivity index (χ1n) is 20.4. The molecular weight excluding hydrogens is 640 g/mol. The summed E-state index contributed by atoms with van der Waals surface area (Å²) in [7, 11) is 0. The molecule has 5 aliphatic carbocycles. The molecule has 4 fully saturated rings. The van der Waals surface area contributed by atoms with E-state index in [-0.39, 0.29) is 52.1 Å². The number of hydrogen-bond acceptors (Lipinski definition) is 6. The van der Waals surface area contributed by atoms with E-state index in [1.807, 2.05) is 6.92 Å². The van der Waals surface area contributed by atoms with Gasteiger partial charge in [0.25, 0.3) is 0 Å². The minimum Gasteiger partial charge on any atom is -0.481 e. The van der Waals surface area contributed by atoms with Crippen molar-refractivity contribution in [2.24, 2.45) is 56.7 Å². The van der Waals surface area contributed by atoms with E-state index in [0.29, 0.717) is 49.0 Å². The normalized spacial score (nSPS) is 36.0. The number of ketones is 1. The van der Waals surface area contributed by atoms with Gasteiger partial charge in [-0.3, -0.25) is 24.1 Å². The molecule has 0 aliphatic heterocycles. The van der Waals surface area contributed by atoms with Crippen LogP contribution in [-0.4, -0.2) is 65.4 Å². The van der Waals surface area contributed by atoms with Crippen molar-refractivity contribution in [3.8, 4) is 0 Å². The molecule has 0 aromatic rings. The maximum absolute atomic E-state index is 14.0. The van der Waals surface area contributed by atoms with E-state index in [1.54, 1.807) is 13.8 Å². The van der Waals surface area contributed by atoms with Gasteiger partial charge in [-0.05, 0) is 145 Å². The van der Waals surface area contributed by atoms with Crippen molar-refractivity contribution >= 4 is 23.6 Å². The van der Waals surface area contributed by atoms with Crippen LogP contribution in [0.5, 0.6) is 0 Å². The predicted octanol–water partition coefficient (Wildman–Crippen LogP) is 8.23. The number of carbonyl (C=O) groups excluding carboxylic acids is 3. The van der Waals surface area contributed by atoms with E-state index in [4.69, 9.17) is 4.74 Å². The third-order valence-corrected chi connectivity index (χ3v) is 15.4. The van der Waals surface area contributed by atoms with Gasteiger partial charge in [-0.25, -0.2) is 0 Å². The van der Waals surface area contributed by atoms with Crippen molar-refractivity contribution in [2.45, 2.75) is 159 Å². The van der Waals surface area contributed by atoms with Crippen LogP contribution in [0.3, 0.4) is 0 Å². The Kier molecular flexibility index (Phi) is 11.1. The monoisotopic (exact) mass is 711 g/mol. The molecule has 0 heterocycles. The molecule has 0 aromatic heterocycles. The van der Waals surface area contributed by atoms with Gasteiger partial charge in [0.1, 0.15) is 6.10 Å². The highest BCUT2D eigenvalue weighted by Gasteiger charge is 2.66. The van der Waals surface area contributed by atoms with Gasteiger partial charge < -0.3 is 15.2 Å². The molecule has 8 nitrogen and oxygen atoms in total. The molecule has 8 heteroatoms. The van der Waals surface area contributed by atoms with E-state index >= 15 is 0 Å². The van der Waals surface area contributed by atoms with E-state index in [9.17, 15) is 24.3 Å². The van der Waals surface area contributed by atoms with Crippen LogP contribution in [0, 0.1) is 56.7 Å². The summed E-state index contributed by atoms with van der Waals surface area (Å²) in [6.45, 7) is 25.5. The van der Waals surface area contributed by atoms with Gasteiger partial charge in [-0.1, -0.05) is 47.1 Å². The predicted molar refractivity (Wildman–Crippen MR) is 201 cm³/mol. The molecule has 8 atom stereocenters. The zero-order valence-corrected chi connectivity index (χ0v) is 33.9. The molecule has 5 aliphatic rings. The van der Waals surface area contributed by atoms with Crippen LogP contribution in [0.2, 0.25) is 0 Å². The lowest BCUT2D eigenvalue weighted by molar-refractivity contribution is -0.214. The number of esters is 1. The maximum atomic E-state index is 14.0. The van der Waals surface area contributed by atoms with Gasteiger partial charge in [0.2, 0.25) is 5.91 Å². The molecule has 0 radical (unpaired) electrons. The number of aliphatic carboxylic acids is 1. The van der Waals surface area contributed by atoms with E-state index < -0.39 is 17.4 Å².